The maximum absolute atomic E-state index is 12.3. The summed E-state index contributed by atoms with van der Waals surface area (Å²) in [4.78, 5) is 16.6. The molecule has 1 heterocycles. The average Bonchev–Trinajstić information content (AvgIpc) is 2.38. The number of sulfone groups is 1. The zero-order valence-electron chi connectivity index (χ0n) is 11.4. The first-order valence-electron chi connectivity index (χ1n) is 6.22. The second kappa shape index (κ2) is 5.97. The summed E-state index contributed by atoms with van der Waals surface area (Å²) in [5, 5.41) is 0.356. The first-order chi connectivity index (χ1) is 9.42. The van der Waals surface area contributed by atoms with E-state index in [0.29, 0.717) is 17.3 Å². The first-order valence-corrected chi connectivity index (χ1v) is 9.27. The predicted molar refractivity (Wildman–Crippen MR) is 82.1 cm³/mol. The molecule has 0 fully saturated rings. The van der Waals surface area contributed by atoms with Gasteiger partial charge in [-0.05, 0) is 19.1 Å². The maximum atomic E-state index is 12.3. The third-order valence-electron chi connectivity index (χ3n) is 2.83. The smallest absolute Gasteiger partial charge is 0.283 e. The van der Waals surface area contributed by atoms with Gasteiger partial charge in [-0.2, -0.15) is 0 Å². The molecule has 108 valence electrons. The quantitative estimate of drug-likeness (QED) is 0.784. The van der Waals surface area contributed by atoms with Crippen LogP contribution in [0.3, 0.4) is 0 Å². The summed E-state index contributed by atoms with van der Waals surface area (Å²) >= 11 is 1.19. The largest absolute Gasteiger partial charge is 0.305 e. The van der Waals surface area contributed by atoms with Crippen molar-refractivity contribution in [3.05, 3.63) is 34.6 Å². The third kappa shape index (κ3) is 3.40. The fourth-order valence-corrected chi connectivity index (χ4v) is 4.00. The molecule has 1 aromatic carbocycles. The van der Waals surface area contributed by atoms with Crippen LogP contribution in [0.1, 0.15) is 6.92 Å². The standard InChI is InChI=1S/C13H16N2O3S2/c1-3-15-11-7-5-4-6-10(11)14-12(13(15)16)19-8-9-20(2,17)18/h4-7H,3,8-9H2,1-2H3. The Balaban J connectivity index is 2.39. The van der Waals surface area contributed by atoms with Gasteiger partial charge in [-0.3, -0.25) is 4.79 Å². The zero-order valence-corrected chi connectivity index (χ0v) is 13.0. The number of thioether (sulfide) groups is 1. The molecule has 7 heteroatoms. The van der Waals surface area contributed by atoms with E-state index in [4.69, 9.17) is 0 Å². The van der Waals surface area contributed by atoms with Crippen molar-refractivity contribution < 1.29 is 8.42 Å². The number of aryl methyl sites for hydroxylation is 1. The van der Waals surface area contributed by atoms with E-state index in [1.165, 1.54) is 18.0 Å². The van der Waals surface area contributed by atoms with Crippen molar-refractivity contribution in [2.45, 2.75) is 18.5 Å². The Labute approximate surface area is 121 Å². The van der Waals surface area contributed by atoms with Crippen LogP contribution < -0.4 is 5.56 Å². The van der Waals surface area contributed by atoms with E-state index in [0.717, 1.165) is 11.0 Å². The van der Waals surface area contributed by atoms with Crippen LogP contribution in [0.15, 0.2) is 34.1 Å². The highest BCUT2D eigenvalue weighted by Crippen LogP contribution is 2.16. The molecule has 0 aliphatic rings. The van der Waals surface area contributed by atoms with Crippen molar-refractivity contribution in [1.82, 2.24) is 9.55 Å². The van der Waals surface area contributed by atoms with Gasteiger partial charge in [0, 0.05) is 18.6 Å². The highest BCUT2D eigenvalue weighted by atomic mass is 32.2. The van der Waals surface area contributed by atoms with Crippen molar-refractivity contribution in [1.29, 1.82) is 0 Å². The predicted octanol–water partition coefficient (Wildman–Crippen LogP) is 1.55. The minimum Gasteiger partial charge on any atom is -0.305 e. The monoisotopic (exact) mass is 312 g/mol. The second-order valence-corrected chi connectivity index (χ2v) is 7.78. The average molecular weight is 312 g/mol. The number of aromatic nitrogens is 2. The summed E-state index contributed by atoms with van der Waals surface area (Å²) in [6, 6.07) is 7.44. The number of hydrogen-bond donors (Lipinski definition) is 0. The van der Waals surface area contributed by atoms with Crippen LogP contribution in [0, 0.1) is 0 Å². The lowest BCUT2D eigenvalue weighted by Crippen LogP contribution is -2.23. The molecule has 2 aromatic rings. The Morgan fingerprint density at radius 2 is 2.00 bits per heavy atom. The van der Waals surface area contributed by atoms with E-state index in [9.17, 15) is 13.2 Å². The topological polar surface area (TPSA) is 69.0 Å². The fourth-order valence-electron chi connectivity index (χ4n) is 1.87. The minimum atomic E-state index is -3.02. The normalized spacial score (nSPS) is 11.9. The lowest BCUT2D eigenvalue weighted by atomic mass is 10.3. The van der Waals surface area contributed by atoms with E-state index in [2.05, 4.69) is 4.98 Å². The molecular weight excluding hydrogens is 296 g/mol. The molecule has 0 radical (unpaired) electrons. The molecule has 5 nitrogen and oxygen atoms in total. The molecule has 0 aliphatic carbocycles. The van der Waals surface area contributed by atoms with Crippen LogP contribution >= 0.6 is 11.8 Å². The van der Waals surface area contributed by atoms with Crippen LogP contribution in [0.25, 0.3) is 11.0 Å². The van der Waals surface area contributed by atoms with E-state index >= 15 is 0 Å². The van der Waals surface area contributed by atoms with Crippen molar-refractivity contribution in [2.24, 2.45) is 0 Å². The summed E-state index contributed by atoms with van der Waals surface area (Å²) in [5.41, 5.74) is 1.38. The maximum Gasteiger partial charge on any atom is 0.283 e. The Morgan fingerprint density at radius 1 is 1.30 bits per heavy atom. The summed E-state index contributed by atoms with van der Waals surface area (Å²) in [7, 11) is -3.02. The summed E-state index contributed by atoms with van der Waals surface area (Å²) < 4.78 is 23.9. The van der Waals surface area contributed by atoms with Gasteiger partial charge in [0.1, 0.15) is 9.84 Å². The van der Waals surface area contributed by atoms with E-state index in [-0.39, 0.29) is 11.3 Å². The van der Waals surface area contributed by atoms with Crippen LogP contribution in [0.2, 0.25) is 0 Å². The zero-order chi connectivity index (χ0) is 14.8. The number of para-hydroxylation sites is 2. The van der Waals surface area contributed by atoms with Gasteiger partial charge in [0.05, 0.1) is 16.8 Å². The molecule has 0 saturated carbocycles. The SMILES string of the molecule is CCn1c(=O)c(SCCS(C)(=O)=O)nc2ccccc21. The molecule has 20 heavy (non-hydrogen) atoms. The first kappa shape index (κ1) is 15.1. The number of rotatable bonds is 5. The van der Waals surface area contributed by atoms with Gasteiger partial charge >= 0.3 is 0 Å². The van der Waals surface area contributed by atoms with Crippen LogP contribution in [0.4, 0.5) is 0 Å². The van der Waals surface area contributed by atoms with Crippen LogP contribution in [-0.2, 0) is 16.4 Å². The van der Waals surface area contributed by atoms with Crippen molar-refractivity contribution in [2.75, 3.05) is 17.8 Å². The van der Waals surface area contributed by atoms with Gasteiger partial charge in [0.15, 0.2) is 5.03 Å². The molecule has 0 spiro atoms. The van der Waals surface area contributed by atoms with Crippen molar-refractivity contribution in [3.63, 3.8) is 0 Å². The van der Waals surface area contributed by atoms with E-state index in [1.807, 2.05) is 31.2 Å². The Morgan fingerprint density at radius 3 is 2.65 bits per heavy atom. The van der Waals surface area contributed by atoms with Crippen LogP contribution in [0.5, 0.6) is 0 Å². The number of hydrogen-bond acceptors (Lipinski definition) is 5. The fraction of sp³-hybridized carbons (Fsp3) is 0.385. The lowest BCUT2D eigenvalue weighted by Gasteiger charge is -2.09. The van der Waals surface area contributed by atoms with Crippen LogP contribution in [-0.4, -0.2) is 35.7 Å². The Kier molecular flexibility index (Phi) is 4.49. The molecule has 0 N–H and O–H groups in total. The highest BCUT2D eigenvalue weighted by molar-refractivity contribution is 8.00. The van der Waals surface area contributed by atoms with Gasteiger partial charge in [-0.15, -0.1) is 0 Å². The molecule has 0 bridgehead atoms. The van der Waals surface area contributed by atoms with Gasteiger partial charge in [0.25, 0.3) is 5.56 Å². The number of fused-ring (bicyclic) bond motifs is 1. The summed E-state index contributed by atoms with van der Waals surface area (Å²) in [6.45, 7) is 2.46. The van der Waals surface area contributed by atoms with Gasteiger partial charge in [0.2, 0.25) is 0 Å². The van der Waals surface area contributed by atoms with E-state index < -0.39 is 9.84 Å². The molecule has 2 rings (SSSR count). The minimum absolute atomic E-state index is 0.0394. The van der Waals surface area contributed by atoms with Crippen molar-refractivity contribution >= 4 is 32.6 Å². The summed E-state index contributed by atoms with van der Waals surface area (Å²) in [6.07, 6.45) is 1.19. The highest BCUT2D eigenvalue weighted by Gasteiger charge is 2.11. The van der Waals surface area contributed by atoms with Crippen molar-refractivity contribution in [3.8, 4) is 0 Å². The van der Waals surface area contributed by atoms with Gasteiger partial charge < -0.3 is 4.57 Å². The molecule has 0 atom stereocenters. The van der Waals surface area contributed by atoms with E-state index in [1.54, 1.807) is 4.57 Å². The third-order valence-corrected chi connectivity index (χ3v) is 4.98. The Bertz CT molecular complexity index is 782. The number of nitrogens with zero attached hydrogens (tertiary/aromatic N) is 2. The van der Waals surface area contributed by atoms with Gasteiger partial charge in [-0.1, -0.05) is 23.9 Å². The molecule has 0 saturated heterocycles. The molecule has 0 amide bonds. The molecule has 0 unspecified atom stereocenters. The Hall–Kier alpha value is -1.34. The summed E-state index contributed by atoms with van der Waals surface area (Å²) in [5.74, 6) is 0.376. The lowest BCUT2D eigenvalue weighted by molar-refractivity contribution is 0.603. The molecule has 0 aliphatic heterocycles. The number of benzene rings is 1. The second-order valence-electron chi connectivity index (χ2n) is 4.43. The molecule has 1 aromatic heterocycles. The molecular formula is C13H16N2O3S2. The van der Waals surface area contributed by atoms with Gasteiger partial charge in [-0.25, -0.2) is 13.4 Å².